The molecule has 0 saturated carbocycles. The molecular weight excluding hydrogens is 478 g/mol. The Balaban J connectivity index is 1.21. The number of nitrogens with one attached hydrogen (secondary N) is 1. The van der Waals surface area contributed by atoms with E-state index >= 15 is 0 Å². The summed E-state index contributed by atoms with van der Waals surface area (Å²) in [5.41, 5.74) is 4.90. The SMILES string of the molecule is Cc1nc(C)c(-c2csc(Nc3ccc(C(=O)N4CC=C(c5ccc(C#N)cn5)CC4)cn3)n2)s1. The molecule has 174 valence electrons. The maximum absolute atomic E-state index is 13.0. The Hall–Kier alpha value is -3.94. The number of nitriles is 1. The number of aromatic nitrogens is 4. The summed E-state index contributed by atoms with van der Waals surface area (Å²) in [6.45, 7) is 5.09. The van der Waals surface area contributed by atoms with Gasteiger partial charge in [-0.3, -0.25) is 9.78 Å². The molecule has 4 aromatic rings. The molecule has 1 aliphatic heterocycles. The molecule has 8 nitrogen and oxygen atoms in total. The standard InChI is InChI=1S/C25H21N7OS2/c1-15-23(35-16(2)29-15)21-14-34-25(30-21)31-22-6-4-19(13-28-22)24(33)32-9-7-18(8-10-32)20-5-3-17(11-26)12-27-20/h3-7,12-14H,8-10H2,1-2H3,(H,28,30,31). The van der Waals surface area contributed by atoms with Crippen LogP contribution in [0, 0.1) is 25.2 Å². The Kier molecular flexibility index (Phi) is 6.35. The highest BCUT2D eigenvalue weighted by Gasteiger charge is 2.20. The summed E-state index contributed by atoms with van der Waals surface area (Å²) in [6, 6.07) is 9.26. The Bertz CT molecular complexity index is 1450. The van der Waals surface area contributed by atoms with Crippen molar-refractivity contribution in [3.63, 3.8) is 0 Å². The molecule has 0 aliphatic carbocycles. The summed E-state index contributed by atoms with van der Waals surface area (Å²) in [4.78, 5) is 33.7. The molecule has 0 spiro atoms. The maximum Gasteiger partial charge on any atom is 0.255 e. The van der Waals surface area contributed by atoms with Gasteiger partial charge in [-0.2, -0.15) is 5.26 Å². The highest BCUT2D eigenvalue weighted by Crippen LogP contribution is 2.32. The number of pyridine rings is 2. The van der Waals surface area contributed by atoms with E-state index in [1.54, 1.807) is 46.8 Å². The van der Waals surface area contributed by atoms with Crippen molar-refractivity contribution in [1.29, 1.82) is 5.26 Å². The third-order valence-electron chi connectivity index (χ3n) is 5.60. The molecule has 0 atom stereocenters. The number of aryl methyl sites for hydroxylation is 2. The number of carbonyl (C=O) groups excluding carboxylic acids is 1. The molecule has 5 heterocycles. The molecular formula is C25H21N7OS2. The summed E-state index contributed by atoms with van der Waals surface area (Å²) < 4.78 is 0. The van der Waals surface area contributed by atoms with Crippen LogP contribution in [0.3, 0.4) is 0 Å². The topological polar surface area (TPSA) is 108 Å². The summed E-state index contributed by atoms with van der Waals surface area (Å²) in [7, 11) is 0. The van der Waals surface area contributed by atoms with Crippen LogP contribution in [0.25, 0.3) is 16.1 Å². The van der Waals surface area contributed by atoms with Gasteiger partial charge in [0.25, 0.3) is 5.91 Å². The van der Waals surface area contributed by atoms with E-state index in [4.69, 9.17) is 5.26 Å². The summed E-state index contributed by atoms with van der Waals surface area (Å²) in [6.07, 6.45) is 5.90. The second-order valence-corrected chi connectivity index (χ2v) is 10.1. The first-order valence-electron chi connectivity index (χ1n) is 11.0. The lowest BCUT2D eigenvalue weighted by Gasteiger charge is -2.26. The van der Waals surface area contributed by atoms with E-state index in [2.05, 4.69) is 31.3 Å². The van der Waals surface area contributed by atoms with Crippen LogP contribution in [0.5, 0.6) is 0 Å². The number of carbonyl (C=O) groups is 1. The van der Waals surface area contributed by atoms with E-state index in [9.17, 15) is 4.79 Å². The minimum absolute atomic E-state index is 0.0558. The Morgan fingerprint density at radius 1 is 1.11 bits per heavy atom. The molecule has 0 radical (unpaired) electrons. The second-order valence-electron chi connectivity index (χ2n) is 8.02. The molecule has 0 bridgehead atoms. The zero-order valence-electron chi connectivity index (χ0n) is 19.1. The van der Waals surface area contributed by atoms with Crippen molar-refractivity contribution in [1.82, 2.24) is 24.8 Å². The lowest BCUT2D eigenvalue weighted by Crippen LogP contribution is -2.34. The molecule has 10 heteroatoms. The molecule has 0 unspecified atom stereocenters. The predicted octanol–water partition coefficient (Wildman–Crippen LogP) is 5.22. The molecule has 0 saturated heterocycles. The number of hydrogen-bond donors (Lipinski definition) is 1. The van der Waals surface area contributed by atoms with Crippen LogP contribution in [0.4, 0.5) is 10.9 Å². The van der Waals surface area contributed by atoms with E-state index in [-0.39, 0.29) is 5.91 Å². The Labute approximate surface area is 210 Å². The number of anilines is 2. The van der Waals surface area contributed by atoms with Crippen LogP contribution in [-0.4, -0.2) is 43.8 Å². The summed E-state index contributed by atoms with van der Waals surface area (Å²) >= 11 is 3.14. The first-order valence-corrected chi connectivity index (χ1v) is 12.7. The molecule has 4 aromatic heterocycles. The third-order valence-corrected chi connectivity index (χ3v) is 7.46. The minimum atomic E-state index is -0.0558. The van der Waals surface area contributed by atoms with Crippen molar-refractivity contribution >= 4 is 45.1 Å². The van der Waals surface area contributed by atoms with Crippen molar-refractivity contribution in [2.45, 2.75) is 20.3 Å². The molecule has 1 amide bonds. The van der Waals surface area contributed by atoms with Gasteiger partial charge < -0.3 is 10.2 Å². The van der Waals surface area contributed by atoms with Crippen LogP contribution in [0.15, 0.2) is 48.1 Å². The highest BCUT2D eigenvalue weighted by atomic mass is 32.1. The number of nitrogens with zero attached hydrogens (tertiary/aromatic N) is 6. The van der Waals surface area contributed by atoms with Gasteiger partial charge in [0, 0.05) is 30.9 Å². The lowest BCUT2D eigenvalue weighted by atomic mass is 10.0. The third kappa shape index (κ3) is 4.96. The number of hydrogen-bond acceptors (Lipinski definition) is 9. The quantitative estimate of drug-likeness (QED) is 0.401. The average molecular weight is 500 g/mol. The number of rotatable bonds is 5. The van der Waals surface area contributed by atoms with Crippen LogP contribution in [-0.2, 0) is 0 Å². The zero-order chi connectivity index (χ0) is 24.4. The van der Waals surface area contributed by atoms with Gasteiger partial charge in [-0.25, -0.2) is 15.0 Å². The largest absolute Gasteiger partial charge is 0.335 e. The van der Waals surface area contributed by atoms with Crippen LogP contribution in [0.2, 0.25) is 0 Å². The molecule has 35 heavy (non-hydrogen) atoms. The molecule has 0 aromatic carbocycles. The van der Waals surface area contributed by atoms with E-state index in [0.29, 0.717) is 36.5 Å². The van der Waals surface area contributed by atoms with E-state index in [0.717, 1.165) is 37.7 Å². The maximum atomic E-state index is 13.0. The number of thiazole rings is 2. The fourth-order valence-electron chi connectivity index (χ4n) is 3.83. The minimum Gasteiger partial charge on any atom is -0.335 e. The average Bonchev–Trinajstić information content (AvgIpc) is 3.49. The van der Waals surface area contributed by atoms with Gasteiger partial charge in [-0.05, 0) is 50.1 Å². The lowest BCUT2D eigenvalue weighted by molar-refractivity contribution is 0.0772. The smallest absolute Gasteiger partial charge is 0.255 e. The van der Waals surface area contributed by atoms with Crippen LogP contribution in [0.1, 0.15) is 38.7 Å². The van der Waals surface area contributed by atoms with Crippen LogP contribution < -0.4 is 5.32 Å². The molecule has 0 fully saturated rings. The van der Waals surface area contributed by atoms with Crippen molar-refractivity contribution < 1.29 is 4.79 Å². The van der Waals surface area contributed by atoms with E-state index in [1.165, 1.54) is 11.3 Å². The summed E-state index contributed by atoms with van der Waals surface area (Å²) in [5, 5.41) is 15.9. The molecule has 5 rings (SSSR count). The second kappa shape index (κ2) is 9.74. The van der Waals surface area contributed by atoms with Gasteiger partial charge in [-0.15, -0.1) is 22.7 Å². The highest BCUT2D eigenvalue weighted by molar-refractivity contribution is 7.16. The fraction of sp³-hybridized carbons (Fsp3) is 0.200. The first kappa shape index (κ1) is 22.8. The summed E-state index contributed by atoms with van der Waals surface area (Å²) in [5.74, 6) is 0.576. The van der Waals surface area contributed by atoms with Crippen molar-refractivity contribution in [3.05, 3.63) is 75.6 Å². The van der Waals surface area contributed by atoms with Gasteiger partial charge in [0.15, 0.2) is 5.13 Å². The Morgan fingerprint density at radius 3 is 2.63 bits per heavy atom. The van der Waals surface area contributed by atoms with E-state index < -0.39 is 0 Å². The van der Waals surface area contributed by atoms with E-state index in [1.807, 2.05) is 31.4 Å². The zero-order valence-corrected chi connectivity index (χ0v) is 20.8. The Morgan fingerprint density at radius 2 is 2.00 bits per heavy atom. The van der Waals surface area contributed by atoms with Gasteiger partial charge in [0.05, 0.1) is 38.1 Å². The first-order chi connectivity index (χ1) is 17.0. The van der Waals surface area contributed by atoms with Crippen molar-refractivity contribution in [2.75, 3.05) is 18.4 Å². The van der Waals surface area contributed by atoms with Crippen molar-refractivity contribution in [3.8, 4) is 16.6 Å². The molecule has 1 aliphatic rings. The predicted molar refractivity (Wildman–Crippen MR) is 138 cm³/mol. The monoisotopic (exact) mass is 499 g/mol. The van der Waals surface area contributed by atoms with Crippen LogP contribution >= 0.6 is 22.7 Å². The van der Waals surface area contributed by atoms with Gasteiger partial charge in [-0.1, -0.05) is 6.08 Å². The number of amides is 1. The van der Waals surface area contributed by atoms with Gasteiger partial charge >= 0.3 is 0 Å². The van der Waals surface area contributed by atoms with Crippen molar-refractivity contribution in [2.24, 2.45) is 0 Å². The van der Waals surface area contributed by atoms with Gasteiger partial charge in [0.2, 0.25) is 0 Å². The molecule has 1 N–H and O–H groups in total. The normalized spacial score (nSPS) is 13.3. The fourth-order valence-corrected chi connectivity index (χ4v) is 5.49. The van der Waals surface area contributed by atoms with Gasteiger partial charge in [0.1, 0.15) is 11.9 Å².